The van der Waals surface area contributed by atoms with E-state index < -0.39 is 11.7 Å². The molecule has 0 saturated carbocycles. The highest BCUT2D eigenvalue weighted by atomic mass is 16.5. The molecule has 2 heterocycles. The number of nitrogens with two attached hydrogens (primary N) is 1. The molecule has 16 heavy (non-hydrogen) atoms. The molecule has 1 unspecified atom stereocenters. The second-order valence-electron chi connectivity index (χ2n) is 4.28. The van der Waals surface area contributed by atoms with Crippen molar-refractivity contribution in [3.8, 4) is 0 Å². The minimum absolute atomic E-state index is 0.0676. The molecule has 0 aromatic heterocycles. The fourth-order valence-electron chi connectivity index (χ4n) is 2.51. The molecule has 0 bridgehead atoms. The summed E-state index contributed by atoms with van der Waals surface area (Å²) in [4.78, 5) is 25.1. The number of carbonyl (C=O) groups excluding carboxylic acids is 2. The number of hydrogen-bond donors (Lipinski definition) is 2. The Morgan fingerprint density at radius 2 is 2.25 bits per heavy atom. The van der Waals surface area contributed by atoms with Crippen LogP contribution in [0.4, 0.5) is 0 Å². The molecule has 6 nitrogen and oxygen atoms in total. The molecule has 3 N–H and O–H groups in total. The van der Waals surface area contributed by atoms with Crippen LogP contribution in [0.15, 0.2) is 0 Å². The number of amides is 2. The Kier molecular flexibility index (Phi) is 2.86. The lowest BCUT2D eigenvalue weighted by Gasteiger charge is -2.41. The number of carbonyl (C=O) groups is 2. The second kappa shape index (κ2) is 4.03. The van der Waals surface area contributed by atoms with Gasteiger partial charge in [-0.3, -0.25) is 9.59 Å². The molecule has 2 amide bonds. The van der Waals surface area contributed by atoms with E-state index in [1.165, 1.54) is 0 Å². The fraction of sp³-hybridized carbons (Fsp3) is 0.800. The summed E-state index contributed by atoms with van der Waals surface area (Å²) in [6.07, 6.45) is 1.27. The predicted octanol–water partition coefficient (Wildman–Crippen LogP) is -1.20. The Balaban J connectivity index is 2.28. The lowest BCUT2D eigenvalue weighted by atomic mass is 9.99. The van der Waals surface area contributed by atoms with Crippen LogP contribution in [0.5, 0.6) is 0 Å². The topological polar surface area (TPSA) is 84.7 Å². The Labute approximate surface area is 94.1 Å². The van der Waals surface area contributed by atoms with E-state index in [1.54, 1.807) is 11.8 Å². The summed E-state index contributed by atoms with van der Waals surface area (Å²) in [7, 11) is 0. The van der Waals surface area contributed by atoms with E-state index in [2.05, 4.69) is 5.32 Å². The molecule has 0 aromatic carbocycles. The van der Waals surface area contributed by atoms with Crippen molar-refractivity contribution in [1.29, 1.82) is 0 Å². The van der Waals surface area contributed by atoms with Crippen molar-refractivity contribution in [1.82, 2.24) is 10.2 Å². The van der Waals surface area contributed by atoms with E-state index >= 15 is 0 Å². The van der Waals surface area contributed by atoms with Gasteiger partial charge in [-0.1, -0.05) is 0 Å². The quantitative estimate of drug-likeness (QED) is 0.589. The minimum Gasteiger partial charge on any atom is -0.381 e. The fourth-order valence-corrected chi connectivity index (χ4v) is 2.51. The van der Waals surface area contributed by atoms with Gasteiger partial charge in [-0.15, -0.1) is 0 Å². The summed E-state index contributed by atoms with van der Waals surface area (Å²) < 4.78 is 5.27. The summed E-state index contributed by atoms with van der Waals surface area (Å²) in [5.41, 5.74) is 4.82. The minimum atomic E-state index is -0.564. The van der Waals surface area contributed by atoms with Crippen molar-refractivity contribution in [3.63, 3.8) is 0 Å². The Bertz CT molecular complexity index is 312. The molecule has 1 spiro atoms. The predicted molar refractivity (Wildman–Crippen MR) is 56.3 cm³/mol. The van der Waals surface area contributed by atoms with Crippen molar-refractivity contribution < 1.29 is 14.3 Å². The number of ether oxygens (including phenoxy) is 1. The molecule has 1 atom stereocenters. The zero-order chi connectivity index (χ0) is 11.8. The van der Waals surface area contributed by atoms with Gasteiger partial charge in [0, 0.05) is 12.8 Å². The average molecular weight is 227 g/mol. The molecule has 6 heteroatoms. The number of nitrogens with zero attached hydrogens (tertiary/aromatic N) is 1. The largest absolute Gasteiger partial charge is 0.381 e. The van der Waals surface area contributed by atoms with Gasteiger partial charge in [0.05, 0.1) is 19.8 Å². The highest BCUT2D eigenvalue weighted by Crippen LogP contribution is 2.32. The lowest BCUT2D eigenvalue weighted by Crippen LogP contribution is -2.59. The van der Waals surface area contributed by atoms with Crippen LogP contribution in [0.3, 0.4) is 0 Å². The molecule has 0 aliphatic carbocycles. The molecule has 2 fully saturated rings. The van der Waals surface area contributed by atoms with Gasteiger partial charge < -0.3 is 20.7 Å². The summed E-state index contributed by atoms with van der Waals surface area (Å²) >= 11 is 0. The van der Waals surface area contributed by atoms with Crippen molar-refractivity contribution in [3.05, 3.63) is 0 Å². The van der Waals surface area contributed by atoms with E-state index in [0.717, 1.165) is 0 Å². The maximum absolute atomic E-state index is 11.8. The standard InChI is InChI=1S/C10H17N3O3/c1-7-9(15)12-10(2-4-16-5-3-10)13(7)8(14)6-11/h7H,2-6,11H2,1H3,(H,12,15). The third kappa shape index (κ3) is 1.58. The monoisotopic (exact) mass is 227 g/mol. The first-order chi connectivity index (χ1) is 7.60. The summed E-state index contributed by atoms with van der Waals surface area (Å²) in [6.45, 7) is 2.78. The molecule has 2 aliphatic heterocycles. The first-order valence-corrected chi connectivity index (χ1v) is 5.53. The van der Waals surface area contributed by atoms with Crippen LogP contribution in [0.2, 0.25) is 0 Å². The van der Waals surface area contributed by atoms with Crippen molar-refractivity contribution in [2.45, 2.75) is 31.5 Å². The van der Waals surface area contributed by atoms with Crippen LogP contribution in [0.1, 0.15) is 19.8 Å². The van der Waals surface area contributed by atoms with Crippen LogP contribution in [-0.2, 0) is 14.3 Å². The lowest BCUT2D eigenvalue weighted by molar-refractivity contribution is -0.141. The van der Waals surface area contributed by atoms with E-state index in [4.69, 9.17) is 10.5 Å². The molecule has 2 saturated heterocycles. The number of nitrogens with one attached hydrogen (secondary N) is 1. The van der Waals surface area contributed by atoms with Gasteiger partial charge in [-0.2, -0.15) is 0 Å². The SMILES string of the molecule is CC1C(=O)NC2(CCOCC2)N1C(=O)CN. The smallest absolute Gasteiger partial charge is 0.244 e. The third-order valence-corrected chi connectivity index (χ3v) is 3.35. The molecule has 90 valence electrons. The zero-order valence-electron chi connectivity index (χ0n) is 9.36. The molecule has 2 rings (SSSR count). The van der Waals surface area contributed by atoms with Gasteiger partial charge in [0.25, 0.3) is 0 Å². The second-order valence-corrected chi connectivity index (χ2v) is 4.28. The van der Waals surface area contributed by atoms with E-state index in [0.29, 0.717) is 26.1 Å². The van der Waals surface area contributed by atoms with Gasteiger partial charge in [0.1, 0.15) is 11.7 Å². The molecular weight excluding hydrogens is 210 g/mol. The van der Waals surface area contributed by atoms with E-state index in [1.807, 2.05) is 0 Å². The van der Waals surface area contributed by atoms with Crippen LogP contribution in [0, 0.1) is 0 Å². The first kappa shape index (κ1) is 11.3. The summed E-state index contributed by atoms with van der Waals surface area (Å²) in [6, 6.07) is -0.436. The van der Waals surface area contributed by atoms with Gasteiger partial charge in [-0.05, 0) is 6.92 Å². The summed E-state index contributed by atoms with van der Waals surface area (Å²) in [5.74, 6) is -0.295. The molecule has 2 aliphatic rings. The van der Waals surface area contributed by atoms with Crippen molar-refractivity contribution in [2.75, 3.05) is 19.8 Å². The van der Waals surface area contributed by atoms with Gasteiger partial charge in [-0.25, -0.2) is 0 Å². The third-order valence-electron chi connectivity index (χ3n) is 3.35. The number of hydrogen-bond acceptors (Lipinski definition) is 4. The highest BCUT2D eigenvalue weighted by Gasteiger charge is 2.51. The zero-order valence-corrected chi connectivity index (χ0v) is 9.36. The van der Waals surface area contributed by atoms with Gasteiger partial charge in [0.15, 0.2) is 0 Å². The van der Waals surface area contributed by atoms with E-state index in [9.17, 15) is 9.59 Å². The van der Waals surface area contributed by atoms with Crippen molar-refractivity contribution >= 4 is 11.8 Å². The normalized spacial score (nSPS) is 28.2. The Morgan fingerprint density at radius 1 is 1.62 bits per heavy atom. The van der Waals surface area contributed by atoms with Crippen molar-refractivity contribution in [2.24, 2.45) is 5.73 Å². The Morgan fingerprint density at radius 3 is 2.81 bits per heavy atom. The molecular formula is C10H17N3O3. The maximum Gasteiger partial charge on any atom is 0.244 e. The maximum atomic E-state index is 11.8. The van der Waals surface area contributed by atoms with E-state index in [-0.39, 0.29) is 18.4 Å². The molecule has 0 radical (unpaired) electrons. The van der Waals surface area contributed by atoms with Crippen LogP contribution >= 0.6 is 0 Å². The van der Waals surface area contributed by atoms with Gasteiger partial charge in [0.2, 0.25) is 11.8 Å². The van der Waals surface area contributed by atoms with Gasteiger partial charge >= 0.3 is 0 Å². The van der Waals surface area contributed by atoms with Crippen LogP contribution < -0.4 is 11.1 Å². The molecule has 0 aromatic rings. The average Bonchev–Trinajstić information content (AvgIpc) is 2.51. The van der Waals surface area contributed by atoms with Crippen LogP contribution in [0.25, 0.3) is 0 Å². The Hall–Kier alpha value is -1.14. The van der Waals surface area contributed by atoms with Crippen LogP contribution in [-0.4, -0.2) is 48.2 Å². The highest BCUT2D eigenvalue weighted by molar-refractivity contribution is 5.92. The first-order valence-electron chi connectivity index (χ1n) is 5.53. The summed E-state index contributed by atoms with van der Waals surface area (Å²) in [5, 5.41) is 2.91. The number of rotatable bonds is 1.